The first-order valence-electron chi connectivity index (χ1n) is 8.04. The molecule has 1 aliphatic heterocycles. The van der Waals surface area contributed by atoms with E-state index in [1.54, 1.807) is 0 Å². The van der Waals surface area contributed by atoms with Crippen molar-refractivity contribution in [2.75, 3.05) is 26.2 Å². The Hall–Kier alpha value is -1.07. The van der Waals surface area contributed by atoms with Crippen molar-refractivity contribution in [1.29, 1.82) is 0 Å². The van der Waals surface area contributed by atoms with Gasteiger partial charge in [0.15, 0.2) is 0 Å². The average molecular weight is 309 g/mol. The fourth-order valence-corrected chi connectivity index (χ4v) is 3.51. The number of nitrogens with zero attached hydrogens (tertiary/aromatic N) is 1. The number of carbonyl (C=O) groups excluding carboxylic acids is 1. The number of likely N-dealkylation sites (tertiary alicyclic amines) is 1. The number of nitrogens with one attached hydrogen (secondary N) is 2. The van der Waals surface area contributed by atoms with E-state index in [4.69, 9.17) is 0 Å². The average Bonchev–Trinajstić information content (AvgIpc) is 2.99. The van der Waals surface area contributed by atoms with Crippen LogP contribution in [0.5, 0.6) is 0 Å². The zero-order valence-electron chi connectivity index (χ0n) is 12.9. The highest BCUT2D eigenvalue weighted by molar-refractivity contribution is 7.09. The van der Waals surface area contributed by atoms with Crippen LogP contribution in [0.2, 0.25) is 0 Å². The maximum absolute atomic E-state index is 11.7. The summed E-state index contributed by atoms with van der Waals surface area (Å²) in [6, 6.07) is 4.30. The Labute approximate surface area is 131 Å². The fraction of sp³-hybridized carbons (Fsp3) is 0.688. The Balaban J connectivity index is 1.65. The molecule has 1 atom stereocenters. The van der Waals surface area contributed by atoms with Crippen LogP contribution in [0.15, 0.2) is 17.5 Å². The summed E-state index contributed by atoms with van der Waals surface area (Å²) in [7, 11) is 0. The summed E-state index contributed by atoms with van der Waals surface area (Å²) in [6.07, 6.45) is 4.61. The molecule has 0 bridgehead atoms. The molecule has 0 spiro atoms. The third kappa shape index (κ3) is 6.06. The molecule has 0 radical (unpaired) electrons. The van der Waals surface area contributed by atoms with E-state index in [0.717, 1.165) is 39.0 Å². The highest BCUT2D eigenvalue weighted by atomic mass is 32.1. The lowest BCUT2D eigenvalue weighted by Crippen LogP contribution is -2.43. The van der Waals surface area contributed by atoms with Crippen LogP contribution in [0.25, 0.3) is 0 Å². The van der Waals surface area contributed by atoms with Gasteiger partial charge in [-0.25, -0.2) is 4.79 Å². The first-order valence-corrected chi connectivity index (χ1v) is 8.92. The van der Waals surface area contributed by atoms with Gasteiger partial charge in [0, 0.05) is 31.1 Å². The molecule has 0 aromatic carbocycles. The number of amides is 2. The lowest BCUT2D eigenvalue weighted by molar-refractivity contribution is 0.166. The van der Waals surface area contributed by atoms with E-state index in [9.17, 15) is 4.79 Å². The predicted molar refractivity (Wildman–Crippen MR) is 88.6 cm³/mol. The molecule has 0 saturated carbocycles. The van der Waals surface area contributed by atoms with Gasteiger partial charge in [-0.3, -0.25) is 4.90 Å². The van der Waals surface area contributed by atoms with Gasteiger partial charge in [-0.2, -0.15) is 0 Å². The molecule has 1 unspecified atom stereocenters. The van der Waals surface area contributed by atoms with Crippen molar-refractivity contribution in [1.82, 2.24) is 15.5 Å². The van der Waals surface area contributed by atoms with E-state index < -0.39 is 0 Å². The van der Waals surface area contributed by atoms with Gasteiger partial charge in [-0.1, -0.05) is 19.4 Å². The zero-order chi connectivity index (χ0) is 14.9. The number of piperidine rings is 1. The summed E-state index contributed by atoms with van der Waals surface area (Å²) < 4.78 is 0. The maximum Gasteiger partial charge on any atom is 0.314 e. The SMILES string of the molecule is CCCCNC(=O)NCC1CCCN(Cc2cccs2)C1. The number of hydrogen-bond acceptors (Lipinski definition) is 3. The first kappa shape index (κ1) is 16.3. The molecule has 2 rings (SSSR count). The second-order valence-electron chi connectivity index (χ2n) is 5.81. The molecule has 1 fully saturated rings. The van der Waals surface area contributed by atoms with Gasteiger partial charge in [0.05, 0.1) is 0 Å². The Morgan fingerprint density at radius 2 is 2.38 bits per heavy atom. The third-order valence-corrected chi connectivity index (χ3v) is 4.79. The van der Waals surface area contributed by atoms with Gasteiger partial charge in [-0.15, -0.1) is 11.3 Å². The second kappa shape index (κ2) is 9.05. The van der Waals surface area contributed by atoms with Gasteiger partial charge in [-0.05, 0) is 43.2 Å². The van der Waals surface area contributed by atoms with Crippen molar-refractivity contribution in [3.05, 3.63) is 22.4 Å². The molecule has 0 aliphatic carbocycles. The molecule has 5 heteroatoms. The Morgan fingerprint density at radius 3 is 3.14 bits per heavy atom. The van der Waals surface area contributed by atoms with Crippen LogP contribution >= 0.6 is 11.3 Å². The molecule has 118 valence electrons. The Bertz CT molecular complexity index is 408. The van der Waals surface area contributed by atoms with Crippen molar-refractivity contribution in [3.63, 3.8) is 0 Å². The van der Waals surface area contributed by atoms with E-state index in [1.807, 2.05) is 11.3 Å². The molecule has 2 N–H and O–H groups in total. The summed E-state index contributed by atoms with van der Waals surface area (Å²) in [4.78, 5) is 15.6. The van der Waals surface area contributed by atoms with Crippen LogP contribution in [0.3, 0.4) is 0 Å². The van der Waals surface area contributed by atoms with Crippen molar-refractivity contribution < 1.29 is 4.79 Å². The maximum atomic E-state index is 11.7. The lowest BCUT2D eigenvalue weighted by atomic mass is 9.98. The monoisotopic (exact) mass is 309 g/mol. The van der Waals surface area contributed by atoms with Gasteiger partial charge < -0.3 is 10.6 Å². The summed E-state index contributed by atoms with van der Waals surface area (Å²) in [5, 5.41) is 8.06. The number of urea groups is 1. The minimum Gasteiger partial charge on any atom is -0.338 e. The highest BCUT2D eigenvalue weighted by Gasteiger charge is 2.20. The normalized spacial score (nSPS) is 19.4. The molecule has 4 nitrogen and oxygen atoms in total. The minimum atomic E-state index is -0.0150. The molecule has 1 aromatic heterocycles. The molecule has 1 aliphatic rings. The number of rotatable bonds is 7. The standard InChI is InChI=1S/C16H27N3OS/c1-2-3-8-17-16(20)18-11-14-6-4-9-19(12-14)13-15-7-5-10-21-15/h5,7,10,14H,2-4,6,8-9,11-13H2,1H3,(H2,17,18,20). The van der Waals surface area contributed by atoms with Crippen molar-refractivity contribution in [2.24, 2.45) is 5.92 Å². The Morgan fingerprint density at radius 1 is 1.48 bits per heavy atom. The van der Waals surface area contributed by atoms with Crippen LogP contribution < -0.4 is 10.6 Å². The largest absolute Gasteiger partial charge is 0.338 e. The van der Waals surface area contributed by atoms with Crippen molar-refractivity contribution in [2.45, 2.75) is 39.2 Å². The molecule has 1 aromatic rings. The number of thiophene rings is 1. The van der Waals surface area contributed by atoms with Crippen molar-refractivity contribution in [3.8, 4) is 0 Å². The Kier molecular flexibility index (Phi) is 7.03. The smallest absolute Gasteiger partial charge is 0.314 e. The summed E-state index contributed by atoms with van der Waals surface area (Å²) in [5.74, 6) is 0.579. The quantitative estimate of drug-likeness (QED) is 0.760. The zero-order valence-corrected chi connectivity index (χ0v) is 13.8. The van der Waals surface area contributed by atoms with Crippen LogP contribution in [0, 0.1) is 5.92 Å². The molecule has 21 heavy (non-hydrogen) atoms. The van der Waals surface area contributed by atoms with Crippen LogP contribution in [-0.4, -0.2) is 37.1 Å². The first-order chi connectivity index (χ1) is 10.3. The van der Waals surface area contributed by atoms with E-state index in [1.165, 1.54) is 24.3 Å². The third-order valence-electron chi connectivity index (χ3n) is 3.93. The van der Waals surface area contributed by atoms with Gasteiger partial charge in [0.2, 0.25) is 0 Å². The molecule has 2 amide bonds. The minimum absolute atomic E-state index is 0.0150. The topological polar surface area (TPSA) is 44.4 Å². The van der Waals surface area contributed by atoms with Crippen molar-refractivity contribution >= 4 is 17.4 Å². The molecule has 2 heterocycles. The number of carbonyl (C=O) groups is 1. The van der Waals surface area contributed by atoms with Gasteiger partial charge >= 0.3 is 6.03 Å². The molecule has 1 saturated heterocycles. The summed E-state index contributed by atoms with van der Waals surface area (Å²) >= 11 is 1.83. The number of unbranched alkanes of at least 4 members (excludes halogenated alkanes) is 1. The summed E-state index contributed by atoms with van der Waals surface area (Å²) in [6.45, 7) is 7.02. The molecular weight excluding hydrogens is 282 g/mol. The second-order valence-corrected chi connectivity index (χ2v) is 6.85. The van der Waals surface area contributed by atoms with Crippen LogP contribution in [0.4, 0.5) is 4.79 Å². The number of hydrogen-bond donors (Lipinski definition) is 2. The summed E-state index contributed by atoms with van der Waals surface area (Å²) in [5.41, 5.74) is 0. The lowest BCUT2D eigenvalue weighted by Gasteiger charge is -2.32. The van der Waals surface area contributed by atoms with E-state index in [-0.39, 0.29) is 6.03 Å². The van der Waals surface area contributed by atoms with Crippen LogP contribution in [0.1, 0.15) is 37.5 Å². The highest BCUT2D eigenvalue weighted by Crippen LogP contribution is 2.19. The van der Waals surface area contributed by atoms with E-state index >= 15 is 0 Å². The predicted octanol–water partition coefficient (Wildman–Crippen LogP) is 3.06. The molecular formula is C16H27N3OS. The van der Waals surface area contributed by atoms with Crippen LogP contribution in [-0.2, 0) is 6.54 Å². The fourth-order valence-electron chi connectivity index (χ4n) is 2.76. The van der Waals surface area contributed by atoms with E-state index in [2.05, 4.69) is 40.0 Å². The van der Waals surface area contributed by atoms with Gasteiger partial charge in [0.1, 0.15) is 0 Å². The van der Waals surface area contributed by atoms with E-state index in [0.29, 0.717) is 5.92 Å². The van der Waals surface area contributed by atoms with Gasteiger partial charge in [0.25, 0.3) is 0 Å².